The number of hydrogen-bond acceptors (Lipinski definition) is 5. The fraction of sp³-hybridized carbons (Fsp3) is 0.273. The first-order valence-electron chi connectivity index (χ1n) is 9.81. The highest BCUT2D eigenvalue weighted by molar-refractivity contribution is 5.83. The number of aromatic nitrogens is 3. The highest BCUT2D eigenvalue weighted by Gasteiger charge is 2.04. The second kappa shape index (κ2) is 10.8. The lowest BCUT2D eigenvalue weighted by Crippen LogP contribution is -2.07. The van der Waals surface area contributed by atoms with E-state index in [1.165, 1.54) is 38.5 Å². The van der Waals surface area contributed by atoms with Crippen molar-refractivity contribution >= 4 is 23.4 Å². The van der Waals surface area contributed by atoms with Gasteiger partial charge in [0.15, 0.2) is 0 Å². The van der Waals surface area contributed by atoms with Crippen LogP contribution in [0.5, 0.6) is 0 Å². The molecule has 3 N–H and O–H groups in total. The molecule has 0 aliphatic heterocycles. The van der Waals surface area contributed by atoms with E-state index in [1.54, 1.807) is 48.9 Å². The molecule has 7 heteroatoms. The fourth-order valence-corrected chi connectivity index (χ4v) is 3.08. The van der Waals surface area contributed by atoms with Crippen molar-refractivity contribution in [3.63, 3.8) is 0 Å². The predicted octanol–water partition coefficient (Wildman–Crippen LogP) is 5.71. The van der Waals surface area contributed by atoms with Gasteiger partial charge < -0.3 is 10.4 Å². The molecule has 0 unspecified atom stereocenters. The summed E-state index contributed by atoms with van der Waals surface area (Å²) in [4.78, 5) is 23.3. The Morgan fingerprint density at radius 2 is 1.62 bits per heavy atom. The number of benzene rings is 1. The zero-order valence-electron chi connectivity index (χ0n) is 16.2. The van der Waals surface area contributed by atoms with E-state index in [-0.39, 0.29) is 0 Å². The number of anilines is 3. The van der Waals surface area contributed by atoms with E-state index in [4.69, 9.17) is 5.11 Å². The van der Waals surface area contributed by atoms with Crippen LogP contribution in [0.4, 0.5) is 22.1 Å². The first-order chi connectivity index (χ1) is 14.2. The number of hydrogen-bond donors (Lipinski definition) is 3. The molecule has 1 fully saturated rings. The molecule has 1 aliphatic carbocycles. The van der Waals surface area contributed by atoms with E-state index < -0.39 is 6.09 Å². The molecule has 1 saturated carbocycles. The molecule has 0 atom stereocenters. The Morgan fingerprint density at radius 3 is 2.28 bits per heavy atom. The van der Waals surface area contributed by atoms with Gasteiger partial charge in [-0.05, 0) is 36.4 Å². The van der Waals surface area contributed by atoms with Crippen molar-refractivity contribution in [1.82, 2.24) is 15.0 Å². The zero-order chi connectivity index (χ0) is 20.3. The van der Waals surface area contributed by atoms with Gasteiger partial charge in [0.2, 0.25) is 5.95 Å². The average Bonchev–Trinajstić information content (AvgIpc) is 2.76. The van der Waals surface area contributed by atoms with Gasteiger partial charge in [-0.1, -0.05) is 44.6 Å². The monoisotopic (exact) mass is 391 g/mol. The van der Waals surface area contributed by atoms with Crippen molar-refractivity contribution in [3.05, 3.63) is 61.1 Å². The van der Waals surface area contributed by atoms with E-state index in [1.807, 2.05) is 12.1 Å². The molecule has 4 rings (SSSR count). The highest BCUT2D eigenvalue weighted by atomic mass is 16.4. The van der Waals surface area contributed by atoms with Gasteiger partial charge in [0.05, 0.1) is 5.69 Å². The Balaban J connectivity index is 0.000000343. The minimum Gasteiger partial charge on any atom is -0.465 e. The molecule has 1 aliphatic rings. The Bertz CT molecular complexity index is 902. The summed E-state index contributed by atoms with van der Waals surface area (Å²) in [5.74, 6) is 0.416. The summed E-state index contributed by atoms with van der Waals surface area (Å²) in [6.07, 6.45) is 13.0. The topological polar surface area (TPSA) is 100 Å². The summed E-state index contributed by atoms with van der Waals surface area (Å²) in [6.45, 7) is 0. The Labute approximate surface area is 170 Å². The fourth-order valence-electron chi connectivity index (χ4n) is 3.08. The number of carboxylic acid groups (broad SMARTS) is 1. The maximum absolute atomic E-state index is 10.7. The average molecular weight is 391 g/mol. The van der Waals surface area contributed by atoms with E-state index in [0.717, 1.165) is 11.3 Å². The molecule has 1 amide bonds. The van der Waals surface area contributed by atoms with Crippen LogP contribution in [0.25, 0.3) is 11.3 Å². The maximum atomic E-state index is 10.7. The van der Waals surface area contributed by atoms with Gasteiger partial charge in [-0.3, -0.25) is 10.3 Å². The highest BCUT2D eigenvalue weighted by Crippen LogP contribution is 2.20. The van der Waals surface area contributed by atoms with Crippen LogP contribution in [0, 0.1) is 0 Å². The number of amides is 1. The summed E-state index contributed by atoms with van der Waals surface area (Å²) in [5, 5.41) is 14.1. The van der Waals surface area contributed by atoms with Gasteiger partial charge in [0.25, 0.3) is 0 Å². The third-order valence-electron chi connectivity index (χ3n) is 4.48. The third-order valence-corrected chi connectivity index (χ3v) is 4.48. The number of carbonyl (C=O) groups is 1. The summed E-state index contributed by atoms with van der Waals surface area (Å²) in [5.41, 5.74) is 2.78. The number of pyridine rings is 1. The van der Waals surface area contributed by atoms with Crippen molar-refractivity contribution in [2.45, 2.75) is 38.5 Å². The van der Waals surface area contributed by atoms with Crippen LogP contribution in [-0.4, -0.2) is 26.2 Å². The second-order valence-corrected chi connectivity index (χ2v) is 6.76. The van der Waals surface area contributed by atoms with Crippen molar-refractivity contribution in [2.24, 2.45) is 0 Å². The van der Waals surface area contributed by atoms with E-state index in [2.05, 4.69) is 25.6 Å². The molecule has 0 bridgehead atoms. The predicted molar refractivity (Wildman–Crippen MR) is 114 cm³/mol. The van der Waals surface area contributed by atoms with E-state index >= 15 is 0 Å². The van der Waals surface area contributed by atoms with Gasteiger partial charge >= 0.3 is 6.09 Å². The molecule has 7 nitrogen and oxygen atoms in total. The third kappa shape index (κ3) is 6.88. The van der Waals surface area contributed by atoms with Crippen molar-refractivity contribution < 1.29 is 9.90 Å². The first-order valence-corrected chi connectivity index (χ1v) is 9.81. The molecule has 2 heterocycles. The second-order valence-electron chi connectivity index (χ2n) is 6.76. The smallest absolute Gasteiger partial charge is 0.409 e. The molecule has 0 saturated heterocycles. The van der Waals surface area contributed by atoms with Crippen LogP contribution >= 0.6 is 0 Å². The summed E-state index contributed by atoms with van der Waals surface area (Å²) in [6, 6.07) is 12.4. The summed E-state index contributed by atoms with van der Waals surface area (Å²) >= 11 is 0. The molecule has 0 spiro atoms. The van der Waals surface area contributed by atoms with Crippen LogP contribution in [0.15, 0.2) is 61.1 Å². The van der Waals surface area contributed by atoms with Gasteiger partial charge in [-0.15, -0.1) is 0 Å². The Kier molecular flexibility index (Phi) is 7.51. The lowest BCUT2D eigenvalue weighted by Gasteiger charge is -2.08. The lowest BCUT2D eigenvalue weighted by atomic mass is 10.0. The molecule has 0 radical (unpaired) electrons. The Hall–Kier alpha value is -3.48. The number of nitrogens with one attached hydrogen (secondary N) is 2. The molecular weight excluding hydrogens is 366 g/mol. The van der Waals surface area contributed by atoms with Crippen molar-refractivity contribution in [2.75, 3.05) is 10.6 Å². The SMILES string of the molecule is C1CCCCC1.O=C(O)Nc1cccc(Nc2nccc(-c3cccnc3)n2)c1. The van der Waals surface area contributed by atoms with Gasteiger partial charge in [-0.2, -0.15) is 0 Å². The van der Waals surface area contributed by atoms with Crippen LogP contribution in [-0.2, 0) is 0 Å². The van der Waals surface area contributed by atoms with Crippen LogP contribution in [0.2, 0.25) is 0 Å². The normalized spacial score (nSPS) is 13.0. The largest absolute Gasteiger partial charge is 0.465 e. The van der Waals surface area contributed by atoms with Crippen molar-refractivity contribution in [3.8, 4) is 11.3 Å². The van der Waals surface area contributed by atoms with Crippen molar-refractivity contribution in [1.29, 1.82) is 0 Å². The van der Waals surface area contributed by atoms with Crippen LogP contribution in [0.1, 0.15) is 38.5 Å². The maximum Gasteiger partial charge on any atom is 0.409 e. The first kappa shape index (κ1) is 20.3. The van der Waals surface area contributed by atoms with Crippen LogP contribution in [0.3, 0.4) is 0 Å². The minimum absolute atomic E-state index is 0.416. The summed E-state index contributed by atoms with van der Waals surface area (Å²) in [7, 11) is 0. The van der Waals surface area contributed by atoms with Gasteiger partial charge in [0, 0.05) is 35.5 Å². The lowest BCUT2D eigenvalue weighted by molar-refractivity contribution is 0.210. The quantitative estimate of drug-likeness (QED) is 0.526. The van der Waals surface area contributed by atoms with E-state index in [0.29, 0.717) is 17.3 Å². The minimum atomic E-state index is -1.11. The van der Waals surface area contributed by atoms with Gasteiger partial charge in [0.1, 0.15) is 0 Å². The molecule has 29 heavy (non-hydrogen) atoms. The zero-order valence-corrected chi connectivity index (χ0v) is 16.2. The molecular formula is C22H25N5O2. The molecule has 3 aromatic rings. The number of rotatable bonds is 4. The molecule has 150 valence electrons. The van der Waals surface area contributed by atoms with Crippen LogP contribution < -0.4 is 10.6 Å². The number of nitrogens with zero attached hydrogens (tertiary/aromatic N) is 3. The summed E-state index contributed by atoms with van der Waals surface area (Å²) < 4.78 is 0. The molecule has 2 aromatic heterocycles. The standard InChI is InChI=1S/C16H13N5O2.C6H12/c22-16(23)20-13-5-1-4-12(9-13)19-15-18-8-6-14(21-15)11-3-2-7-17-10-11;1-2-4-6-5-3-1/h1-10,20H,(H,22,23)(H,18,19,21);1-6H2. The van der Waals surface area contributed by atoms with Gasteiger partial charge in [-0.25, -0.2) is 14.8 Å². The van der Waals surface area contributed by atoms with E-state index in [9.17, 15) is 4.79 Å². The Morgan fingerprint density at radius 1 is 0.897 bits per heavy atom. The molecule has 1 aromatic carbocycles.